The molecule has 0 aromatic rings. The van der Waals surface area contributed by atoms with Crippen LogP contribution in [0.4, 0.5) is 0 Å². The van der Waals surface area contributed by atoms with Crippen LogP contribution in [0.25, 0.3) is 0 Å². The Labute approximate surface area is 555 Å². The highest BCUT2D eigenvalue weighted by molar-refractivity contribution is 5.96. The molecule has 97 heavy (non-hydrogen) atoms. The van der Waals surface area contributed by atoms with Gasteiger partial charge in [-0.1, -0.05) is 0 Å². The molecule has 43 nitrogen and oxygen atoms in total. The van der Waals surface area contributed by atoms with E-state index in [2.05, 4.69) is 62.1 Å². The largest absolute Gasteiger partial charge is 0.469 e. The molecular formula is C54H90N16O27. The third-order valence-corrected chi connectivity index (χ3v) is 13.3. The first kappa shape index (κ1) is 87.2. The molecule has 15 amide bonds. The summed E-state index contributed by atoms with van der Waals surface area (Å²) in [5.74, 6) is -17.6. The number of methoxy groups -OCH3 is 3. The average molecular weight is 1400 g/mol. The van der Waals surface area contributed by atoms with Gasteiger partial charge in [0.15, 0.2) is 0 Å². The van der Waals surface area contributed by atoms with Gasteiger partial charge >= 0.3 is 17.9 Å². The molecule has 0 rings (SSSR count). The minimum atomic E-state index is -1.52. The zero-order valence-electron chi connectivity index (χ0n) is 55.7. The molecule has 0 aliphatic carbocycles. The van der Waals surface area contributed by atoms with Crippen molar-refractivity contribution in [3.63, 3.8) is 0 Å². The number of hydroxylamine groups is 12. The Balaban J connectivity index is 6.05. The molecule has 548 valence electrons. The van der Waals surface area contributed by atoms with Gasteiger partial charge in [0.05, 0.1) is 99.5 Å². The van der Waals surface area contributed by atoms with Crippen molar-refractivity contribution in [1.29, 1.82) is 0 Å². The summed E-state index contributed by atoms with van der Waals surface area (Å²) in [6.07, 6.45) is -2.85. The van der Waals surface area contributed by atoms with Crippen LogP contribution in [0.1, 0.15) is 101 Å². The van der Waals surface area contributed by atoms with Crippen molar-refractivity contribution in [2.75, 3.05) is 80.2 Å². The van der Waals surface area contributed by atoms with Crippen LogP contribution in [-0.2, 0) is 101 Å². The molecule has 0 fully saturated rings. The SMILES string of the molecule is COC(=O)CCN(O)C(=O)[C@@H](C)NC(=O)CCN(O)C(=O)[C@H](C)NC(=O)[C@H](C)NC(=O)CN(CC(=O)N[C@@H](C)C(=O)N[C@@H](C)C(=O)N(O)CCC(=O)N[C@H](C)C(=O)N(O)CCC(=O)OC)CC(=O)N[C@@H](C)C(=O)N[C@@H](C)C(=O)N(O)CCC(=O)N[C@H](C)C(=O)N(O)CCC(=O)OC. The first-order valence-electron chi connectivity index (χ1n) is 29.7. The van der Waals surface area contributed by atoms with E-state index in [9.17, 15) is 118 Å². The summed E-state index contributed by atoms with van der Waals surface area (Å²) >= 11 is 0. The van der Waals surface area contributed by atoms with Crippen LogP contribution in [0.2, 0.25) is 0 Å². The van der Waals surface area contributed by atoms with Crippen molar-refractivity contribution in [3.8, 4) is 0 Å². The second-order valence-corrected chi connectivity index (χ2v) is 21.6. The minimum Gasteiger partial charge on any atom is -0.469 e. The van der Waals surface area contributed by atoms with Crippen LogP contribution in [0.3, 0.4) is 0 Å². The van der Waals surface area contributed by atoms with Gasteiger partial charge in [-0.3, -0.25) is 122 Å². The maximum Gasteiger partial charge on any atom is 0.307 e. The van der Waals surface area contributed by atoms with Crippen molar-refractivity contribution in [2.24, 2.45) is 0 Å². The molecule has 0 bridgehead atoms. The maximum absolute atomic E-state index is 13.5. The normalized spacial score (nSPS) is 13.5. The molecule has 15 N–H and O–H groups in total. The van der Waals surface area contributed by atoms with Gasteiger partial charge in [-0.25, -0.2) is 30.4 Å². The fraction of sp³-hybridized carbons (Fsp3) is 0.667. The fourth-order valence-electron chi connectivity index (χ4n) is 7.68. The molecule has 0 spiro atoms. The van der Waals surface area contributed by atoms with E-state index in [4.69, 9.17) is 0 Å². The Morgan fingerprint density at radius 1 is 0.258 bits per heavy atom. The lowest BCUT2D eigenvalue weighted by Crippen LogP contribution is -2.56. The Morgan fingerprint density at radius 3 is 0.608 bits per heavy atom. The van der Waals surface area contributed by atoms with Crippen LogP contribution >= 0.6 is 0 Å². The molecule has 0 unspecified atom stereocenters. The first-order valence-corrected chi connectivity index (χ1v) is 29.7. The van der Waals surface area contributed by atoms with Gasteiger partial charge in [-0.05, 0) is 62.3 Å². The third kappa shape index (κ3) is 33.9. The number of carbonyl (C=O) groups excluding carboxylic acids is 18. The molecular weight excluding hydrogens is 1300 g/mol. The number of nitrogens with zero attached hydrogens (tertiary/aromatic N) is 7. The summed E-state index contributed by atoms with van der Waals surface area (Å²) in [6, 6.07) is -13.0. The summed E-state index contributed by atoms with van der Waals surface area (Å²) in [7, 11) is 3.28. The summed E-state index contributed by atoms with van der Waals surface area (Å²) in [6.45, 7) is 4.35. The number of hydrogen-bond acceptors (Lipinski definition) is 28. The Kier molecular flexibility index (Phi) is 39.6. The topological polar surface area (TPSA) is 587 Å². The van der Waals surface area contributed by atoms with Gasteiger partial charge < -0.3 is 62.1 Å². The molecule has 0 saturated heterocycles. The van der Waals surface area contributed by atoms with E-state index < -0.39 is 239 Å². The number of nitrogens with one attached hydrogen (secondary N) is 9. The number of ether oxygens (including phenoxy) is 3. The first-order chi connectivity index (χ1) is 45.1. The molecule has 9 atom stereocenters. The van der Waals surface area contributed by atoms with Gasteiger partial charge in [0.1, 0.15) is 54.4 Å². The monoisotopic (exact) mass is 1390 g/mol. The number of rotatable bonds is 42. The predicted octanol–water partition coefficient (Wildman–Crippen LogP) is -8.00. The number of amides is 15. The van der Waals surface area contributed by atoms with E-state index in [-0.39, 0.29) is 49.6 Å². The van der Waals surface area contributed by atoms with Gasteiger partial charge in [0.25, 0.3) is 35.4 Å². The van der Waals surface area contributed by atoms with E-state index in [0.29, 0.717) is 0 Å². The van der Waals surface area contributed by atoms with Gasteiger partial charge in [0, 0.05) is 19.3 Å². The van der Waals surface area contributed by atoms with Crippen molar-refractivity contribution in [2.45, 2.75) is 155 Å². The molecule has 43 heteroatoms. The van der Waals surface area contributed by atoms with Crippen LogP contribution in [0.15, 0.2) is 0 Å². The highest BCUT2D eigenvalue weighted by Crippen LogP contribution is 2.05. The molecule has 0 aliphatic heterocycles. The van der Waals surface area contributed by atoms with E-state index in [1.165, 1.54) is 20.8 Å². The number of carbonyl (C=O) groups is 18. The molecule has 0 radical (unpaired) electrons. The van der Waals surface area contributed by atoms with E-state index >= 15 is 0 Å². The highest BCUT2D eigenvalue weighted by atomic mass is 16.5. The van der Waals surface area contributed by atoms with Crippen molar-refractivity contribution in [1.82, 2.24) is 83.1 Å². The van der Waals surface area contributed by atoms with E-state index in [1.54, 1.807) is 0 Å². The van der Waals surface area contributed by atoms with Gasteiger partial charge in [-0.2, -0.15) is 0 Å². The van der Waals surface area contributed by atoms with E-state index in [1.807, 2.05) is 0 Å². The van der Waals surface area contributed by atoms with Crippen LogP contribution in [0.5, 0.6) is 0 Å². The summed E-state index contributed by atoms with van der Waals surface area (Å²) < 4.78 is 13.3. The van der Waals surface area contributed by atoms with Crippen LogP contribution in [0, 0.1) is 0 Å². The van der Waals surface area contributed by atoms with Gasteiger partial charge in [-0.15, -0.1) is 0 Å². The molecule has 0 saturated carbocycles. The molecule has 0 aromatic heterocycles. The Bertz CT molecular complexity index is 2530. The van der Waals surface area contributed by atoms with E-state index in [0.717, 1.165) is 67.8 Å². The summed E-state index contributed by atoms with van der Waals surface area (Å²) in [5.41, 5.74) is 0. The van der Waals surface area contributed by atoms with Crippen LogP contribution in [-0.4, -0.2) is 308 Å². The van der Waals surface area contributed by atoms with Crippen molar-refractivity contribution < 1.29 is 132 Å². The predicted molar refractivity (Wildman–Crippen MR) is 320 cm³/mol. The highest BCUT2D eigenvalue weighted by Gasteiger charge is 2.32. The summed E-state index contributed by atoms with van der Waals surface area (Å²) in [4.78, 5) is 228. The van der Waals surface area contributed by atoms with Crippen LogP contribution < -0.4 is 47.9 Å². The molecule has 0 heterocycles. The lowest BCUT2D eigenvalue weighted by molar-refractivity contribution is -0.171. The molecule has 0 aliphatic rings. The third-order valence-electron chi connectivity index (χ3n) is 13.3. The Hall–Kier alpha value is -9.82. The zero-order chi connectivity index (χ0) is 74.7. The lowest BCUT2D eigenvalue weighted by Gasteiger charge is -2.25. The fourth-order valence-corrected chi connectivity index (χ4v) is 7.68. The zero-order valence-corrected chi connectivity index (χ0v) is 55.7. The van der Waals surface area contributed by atoms with Crippen molar-refractivity contribution >= 4 is 107 Å². The Morgan fingerprint density at radius 2 is 0.423 bits per heavy atom. The quantitative estimate of drug-likeness (QED) is 0.0117. The average Bonchev–Trinajstić information content (AvgIpc) is 1.21. The maximum atomic E-state index is 13.5. The smallest absolute Gasteiger partial charge is 0.307 e. The van der Waals surface area contributed by atoms with Crippen molar-refractivity contribution in [3.05, 3.63) is 0 Å². The second kappa shape index (κ2) is 44.0. The molecule has 0 aromatic carbocycles. The minimum absolute atomic E-state index is 0.0765. The number of hydrogen-bond donors (Lipinski definition) is 15. The van der Waals surface area contributed by atoms with Gasteiger partial charge in [0.2, 0.25) is 53.2 Å². The standard InChI is InChI=1S/C54H90N16O27/c1-28(46(80)61-34(7)52(86)65(89)19-13-37(71)58-31(4)49(83)68(92)22-16-43(77)95-10)55-40(74)25-64(26-41(75)56-29(2)47(81)62-35(8)53(87)66(90)20-14-38(72)59-32(5)50(84)69(93)23-17-44(78)96-11)27-42(76)57-30(3)48(82)63-36(9)54(88)67(91)21-15-39(73)60-33(6)51(85)70(94)24-18-45(79)97-12/h28-36,89-94H,13-27H2,1-12H3,(H,55,74)(H,56,75)(H,57,76)(H,58,71)(H,59,72)(H,60,73)(H,61,80)(H,62,81)(H,63,82)/t28-,29-,30-,31+,32+,33+,34-,35-,36-/m0/s1. The number of esters is 3. The second-order valence-electron chi connectivity index (χ2n) is 21.6. The lowest BCUT2D eigenvalue weighted by atomic mass is 10.2. The summed E-state index contributed by atoms with van der Waals surface area (Å²) in [5, 5.41) is 81.9.